The van der Waals surface area contributed by atoms with E-state index in [0.717, 1.165) is 12.2 Å². The molecule has 0 aromatic rings. The monoisotopic (exact) mass is 102 g/mol. The summed E-state index contributed by atoms with van der Waals surface area (Å²) in [6.45, 7) is 2.11. The maximum atomic E-state index is 3.97. The van der Waals surface area contributed by atoms with Gasteiger partial charge in [-0.2, -0.15) is 12.6 Å². The molecule has 0 atom stereocenters. The third-order valence-electron chi connectivity index (χ3n) is 0.508. The lowest BCUT2D eigenvalue weighted by Crippen LogP contribution is -1.56. The molecule has 0 nitrogen and oxygen atoms in total. The van der Waals surface area contributed by atoms with Crippen LogP contribution < -0.4 is 0 Å². The second-order valence-electron chi connectivity index (χ2n) is 1.06. The van der Waals surface area contributed by atoms with Crippen LogP contribution in [0.5, 0.6) is 0 Å². The third kappa shape index (κ3) is 4.09. The van der Waals surface area contributed by atoms with Crippen LogP contribution in [-0.4, -0.2) is 5.75 Å². The minimum atomic E-state index is 0.869. The van der Waals surface area contributed by atoms with Crippen LogP contribution in [0.2, 0.25) is 0 Å². The summed E-state index contributed by atoms with van der Waals surface area (Å²) in [5.41, 5.74) is 0. The van der Waals surface area contributed by atoms with Gasteiger partial charge in [-0.1, -0.05) is 19.1 Å². The van der Waals surface area contributed by atoms with E-state index in [9.17, 15) is 0 Å². The van der Waals surface area contributed by atoms with Crippen molar-refractivity contribution >= 4 is 12.6 Å². The number of rotatable bonds is 2. The van der Waals surface area contributed by atoms with Gasteiger partial charge in [0.1, 0.15) is 0 Å². The quantitative estimate of drug-likeness (QED) is 0.399. The summed E-state index contributed by atoms with van der Waals surface area (Å²) >= 11 is 3.97. The molecule has 0 aliphatic carbocycles. The van der Waals surface area contributed by atoms with Gasteiger partial charge in [0.2, 0.25) is 0 Å². The first-order chi connectivity index (χ1) is 2.91. The Bertz CT molecular complexity index is 33.2. The summed E-state index contributed by atoms with van der Waals surface area (Å²) in [6.07, 6.45) is 5.27. The molecule has 0 aromatic carbocycles. The van der Waals surface area contributed by atoms with Gasteiger partial charge in [-0.3, -0.25) is 0 Å². The van der Waals surface area contributed by atoms with Crippen molar-refractivity contribution in [3.8, 4) is 0 Å². The molecule has 0 spiro atoms. The molecule has 0 aromatic heterocycles. The molecular formula is C5H10S. The van der Waals surface area contributed by atoms with Crippen molar-refractivity contribution < 1.29 is 0 Å². The van der Waals surface area contributed by atoms with Crippen LogP contribution in [0.15, 0.2) is 12.2 Å². The van der Waals surface area contributed by atoms with Crippen LogP contribution in [0.3, 0.4) is 0 Å². The molecule has 0 saturated heterocycles. The highest BCUT2D eigenvalue weighted by atomic mass is 32.1. The molecule has 0 aliphatic heterocycles. The molecule has 0 rings (SSSR count). The van der Waals surface area contributed by atoms with Crippen molar-refractivity contribution in [1.82, 2.24) is 0 Å². The van der Waals surface area contributed by atoms with Crippen LogP contribution in [0.4, 0.5) is 0 Å². The van der Waals surface area contributed by atoms with E-state index in [1.54, 1.807) is 0 Å². The van der Waals surface area contributed by atoms with Crippen LogP contribution in [0.25, 0.3) is 0 Å². The van der Waals surface area contributed by atoms with Crippen molar-refractivity contribution in [3.63, 3.8) is 0 Å². The average Bonchev–Trinajstić information content (AvgIpc) is 1.61. The molecule has 0 aliphatic rings. The maximum absolute atomic E-state index is 3.97. The topological polar surface area (TPSA) is 0 Å². The number of hydrogen-bond acceptors (Lipinski definition) is 1. The fraction of sp³-hybridized carbons (Fsp3) is 0.600. The summed E-state index contributed by atoms with van der Waals surface area (Å²) < 4.78 is 0. The Morgan fingerprint density at radius 1 is 1.50 bits per heavy atom. The van der Waals surface area contributed by atoms with Crippen molar-refractivity contribution in [2.45, 2.75) is 13.3 Å². The van der Waals surface area contributed by atoms with Crippen LogP contribution >= 0.6 is 12.6 Å². The third-order valence-corrected chi connectivity index (χ3v) is 0.719. The Kier molecular flexibility index (Phi) is 5.17. The molecule has 0 N–H and O–H groups in total. The number of allylic oxidation sites excluding steroid dienone is 1. The lowest BCUT2D eigenvalue weighted by Gasteiger charge is -1.72. The fourth-order valence-corrected chi connectivity index (χ4v) is 0.390. The molecule has 0 unspecified atom stereocenters. The zero-order valence-electron chi connectivity index (χ0n) is 4.02. The van der Waals surface area contributed by atoms with Gasteiger partial charge in [0, 0.05) is 5.75 Å². The zero-order chi connectivity index (χ0) is 4.83. The Labute approximate surface area is 44.7 Å². The Hall–Kier alpha value is 0.0900. The van der Waals surface area contributed by atoms with E-state index in [2.05, 4.69) is 25.6 Å². The van der Waals surface area contributed by atoms with Crippen molar-refractivity contribution in [2.75, 3.05) is 5.75 Å². The number of thiol groups is 1. The first-order valence-electron chi connectivity index (χ1n) is 2.17. The summed E-state index contributed by atoms with van der Waals surface area (Å²) in [5.74, 6) is 0.869. The molecular weight excluding hydrogens is 92.1 g/mol. The second kappa shape index (κ2) is 5.09. The van der Waals surface area contributed by atoms with Crippen LogP contribution in [0.1, 0.15) is 13.3 Å². The molecule has 0 saturated carbocycles. The first kappa shape index (κ1) is 6.09. The Balaban J connectivity index is 2.73. The predicted octanol–water partition coefficient (Wildman–Crippen LogP) is 1.88. The normalized spacial score (nSPS) is 10.3. The van der Waals surface area contributed by atoms with Crippen LogP contribution in [-0.2, 0) is 0 Å². The van der Waals surface area contributed by atoms with E-state index >= 15 is 0 Å². The predicted molar refractivity (Wildman–Crippen MR) is 33.3 cm³/mol. The van der Waals surface area contributed by atoms with Crippen LogP contribution in [0, 0.1) is 0 Å². The molecule has 6 heavy (non-hydrogen) atoms. The largest absolute Gasteiger partial charge is 0.175 e. The van der Waals surface area contributed by atoms with E-state index in [1.165, 1.54) is 0 Å². The molecule has 0 heterocycles. The Morgan fingerprint density at radius 2 is 2.17 bits per heavy atom. The molecule has 1 heteroatoms. The highest BCUT2D eigenvalue weighted by Gasteiger charge is 1.60. The molecule has 0 amide bonds. The SMILES string of the molecule is CC/C=C\CS. The standard InChI is InChI=1S/C5H10S/c1-2-3-4-5-6/h3-4,6H,2,5H2,1H3/b4-3-. The summed E-state index contributed by atoms with van der Waals surface area (Å²) in [6, 6.07) is 0. The van der Waals surface area contributed by atoms with Gasteiger partial charge < -0.3 is 0 Å². The number of hydrogen-bond donors (Lipinski definition) is 1. The first-order valence-corrected chi connectivity index (χ1v) is 2.81. The van der Waals surface area contributed by atoms with Crippen molar-refractivity contribution in [2.24, 2.45) is 0 Å². The summed E-state index contributed by atoms with van der Waals surface area (Å²) in [5, 5.41) is 0. The van der Waals surface area contributed by atoms with Gasteiger partial charge in [0.15, 0.2) is 0 Å². The van der Waals surface area contributed by atoms with Crippen molar-refractivity contribution in [3.05, 3.63) is 12.2 Å². The van der Waals surface area contributed by atoms with Gasteiger partial charge >= 0.3 is 0 Å². The lowest BCUT2D eigenvalue weighted by molar-refractivity contribution is 1.22. The molecule has 0 radical (unpaired) electrons. The van der Waals surface area contributed by atoms with Gasteiger partial charge in [-0.15, -0.1) is 0 Å². The Morgan fingerprint density at radius 3 is 2.33 bits per heavy atom. The fourth-order valence-electron chi connectivity index (χ4n) is 0.241. The zero-order valence-corrected chi connectivity index (χ0v) is 4.91. The average molecular weight is 102 g/mol. The summed E-state index contributed by atoms with van der Waals surface area (Å²) in [4.78, 5) is 0. The van der Waals surface area contributed by atoms with E-state index in [4.69, 9.17) is 0 Å². The highest BCUT2D eigenvalue weighted by molar-refractivity contribution is 7.80. The van der Waals surface area contributed by atoms with Gasteiger partial charge in [-0.25, -0.2) is 0 Å². The smallest absolute Gasteiger partial charge is 0.00825 e. The lowest BCUT2D eigenvalue weighted by atomic mass is 10.4. The maximum Gasteiger partial charge on any atom is 0.00825 e. The van der Waals surface area contributed by atoms with E-state index in [-0.39, 0.29) is 0 Å². The molecule has 36 valence electrons. The molecule has 0 fully saturated rings. The van der Waals surface area contributed by atoms with E-state index in [0.29, 0.717) is 0 Å². The minimum absolute atomic E-state index is 0.869. The highest BCUT2D eigenvalue weighted by Crippen LogP contribution is 1.79. The minimum Gasteiger partial charge on any atom is -0.175 e. The van der Waals surface area contributed by atoms with Crippen molar-refractivity contribution in [1.29, 1.82) is 0 Å². The second-order valence-corrected chi connectivity index (χ2v) is 1.43. The van der Waals surface area contributed by atoms with Gasteiger partial charge in [0.25, 0.3) is 0 Å². The van der Waals surface area contributed by atoms with E-state index in [1.807, 2.05) is 6.08 Å². The van der Waals surface area contributed by atoms with E-state index < -0.39 is 0 Å². The van der Waals surface area contributed by atoms with Gasteiger partial charge in [0.05, 0.1) is 0 Å². The van der Waals surface area contributed by atoms with Gasteiger partial charge in [-0.05, 0) is 6.42 Å². The summed E-state index contributed by atoms with van der Waals surface area (Å²) in [7, 11) is 0. The molecule has 0 bridgehead atoms.